The lowest BCUT2D eigenvalue weighted by molar-refractivity contribution is -0.142. The number of nitrogens with zero attached hydrogens (tertiary/aromatic N) is 1. The Kier molecular flexibility index (Phi) is 6.97. The van der Waals surface area contributed by atoms with E-state index in [0.29, 0.717) is 28.3 Å². The molecule has 0 aliphatic rings. The van der Waals surface area contributed by atoms with Crippen molar-refractivity contribution in [3.8, 4) is 17.6 Å². The van der Waals surface area contributed by atoms with Gasteiger partial charge in [-0.3, -0.25) is 4.79 Å². The zero-order valence-electron chi connectivity index (χ0n) is 14.9. The number of ether oxygens (including phenoxy) is 3. The number of hydrogen-bond acceptors (Lipinski definition) is 6. The summed E-state index contributed by atoms with van der Waals surface area (Å²) in [6.07, 6.45) is 2.71. The molecule has 1 N–H and O–H groups in total. The molecule has 1 amide bonds. The molecule has 0 radical (unpaired) electrons. The number of carbonyl (C=O) groups is 2. The molecule has 0 aliphatic carbocycles. The molecule has 2 rings (SSSR count). The largest absolute Gasteiger partial charge is 0.497 e. The SMILES string of the molecule is COc1ccc(/C=C/C(=O)OCC(=O)Nc2ccccc2C#N)c(OC)c1. The third-order valence-corrected chi connectivity index (χ3v) is 3.51. The lowest BCUT2D eigenvalue weighted by Gasteiger charge is -2.08. The molecule has 2 aromatic carbocycles. The number of benzene rings is 2. The smallest absolute Gasteiger partial charge is 0.331 e. The van der Waals surface area contributed by atoms with Crippen LogP contribution in [-0.2, 0) is 14.3 Å². The van der Waals surface area contributed by atoms with Crippen molar-refractivity contribution in [1.29, 1.82) is 5.26 Å². The van der Waals surface area contributed by atoms with E-state index in [2.05, 4.69) is 5.32 Å². The van der Waals surface area contributed by atoms with Crippen LogP contribution in [0.25, 0.3) is 6.08 Å². The number of hydrogen-bond donors (Lipinski definition) is 1. The number of nitrogens with one attached hydrogen (secondary N) is 1. The van der Waals surface area contributed by atoms with Gasteiger partial charge in [0.25, 0.3) is 5.91 Å². The van der Waals surface area contributed by atoms with Crippen molar-refractivity contribution >= 4 is 23.6 Å². The predicted octanol–water partition coefficient (Wildman–Crippen LogP) is 2.77. The lowest BCUT2D eigenvalue weighted by atomic mass is 10.2. The number of amides is 1. The molecule has 0 fully saturated rings. The average molecular weight is 366 g/mol. The van der Waals surface area contributed by atoms with Crippen molar-refractivity contribution in [3.63, 3.8) is 0 Å². The summed E-state index contributed by atoms with van der Waals surface area (Å²) in [5.74, 6) is -0.0665. The van der Waals surface area contributed by atoms with Crippen molar-refractivity contribution in [1.82, 2.24) is 0 Å². The second-order valence-electron chi connectivity index (χ2n) is 5.25. The van der Waals surface area contributed by atoms with E-state index in [9.17, 15) is 9.59 Å². The monoisotopic (exact) mass is 366 g/mol. The summed E-state index contributed by atoms with van der Waals surface area (Å²) in [6.45, 7) is -0.470. The van der Waals surface area contributed by atoms with Gasteiger partial charge in [-0.1, -0.05) is 12.1 Å². The first-order valence-electron chi connectivity index (χ1n) is 7.93. The molecular formula is C20H18N2O5. The first-order chi connectivity index (χ1) is 13.1. The topological polar surface area (TPSA) is 97.6 Å². The van der Waals surface area contributed by atoms with Gasteiger partial charge in [0.2, 0.25) is 0 Å². The molecule has 0 aliphatic heterocycles. The van der Waals surface area contributed by atoms with Crippen LogP contribution in [0.4, 0.5) is 5.69 Å². The molecule has 0 aromatic heterocycles. The summed E-state index contributed by atoms with van der Waals surface area (Å²) >= 11 is 0. The molecular weight excluding hydrogens is 348 g/mol. The van der Waals surface area contributed by atoms with Crippen LogP contribution in [0.5, 0.6) is 11.5 Å². The minimum Gasteiger partial charge on any atom is -0.497 e. The Morgan fingerprint density at radius 1 is 1.15 bits per heavy atom. The number of rotatable bonds is 7. The summed E-state index contributed by atoms with van der Waals surface area (Å²) in [5, 5.41) is 11.5. The Bertz CT molecular complexity index is 899. The molecule has 0 spiro atoms. The maximum atomic E-state index is 11.9. The van der Waals surface area contributed by atoms with E-state index in [1.165, 1.54) is 19.3 Å². The van der Waals surface area contributed by atoms with Crippen LogP contribution < -0.4 is 14.8 Å². The Labute approximate surface area is 156 Å². The Hall–Kier alpha value is -3.79. The van der Waals surface area contributed by atoms with Gasteiger partial charge in [-0.2, -0.15) is 5.26 Å². The van der Waals surface area contributed by atoms with Crippen LogP contribution in [0.2, 0.25) is 0 Å². The Morgan fingerprint density at radius 2 is 1.93 bits per heavy atom. The third-order valence-electron chi connectivity index (χ3n) is 3.51. The van der Waals surface area contributed by atoms with Gasteiger partial charge in [-0.05, 0) is 30.3 Å². The maximum absolute atomic E-state index is 11.9. The zero-order chi connectivity index (χ0) is 19.6. The highest BCUT2D eigenvalue weighted by molar-refractivity contribution is 5.95. The molecule has 7 nitrogen and oxygen atoms in total. The first kappa shape index (κ1) is 19.5. The fourth-order valence-corrected chi connectivity index (χ4v) is 2.17. The standard InChI is InChI=1S/C20H18N2O5/c1-25-16-9-7-14(18(11-16)26-2)8-10-20(24)27-13-19(23)22-17-6-4-3-5-15(17)12-21/h3-11H,13H2,1-2H3,(H,22,23)/b10-8+. The van der Waals surface area contributed by atoms with E-state index in [1.54, 1.807) is 49.6 Å². The lowest BCUT2D eigenvalue weighted by Crippen LogP contribution is -2.20. The van der Waals surface area contributed by atoms with Crippen molar-refractivity contribution < 1.29 is 23.8 Å². The van der Waals surface area contributed by atoms with Crippen LogP contribution in [0.15, 0.2) is 48.5 Å². The number of anilines is 1. The van der Waals surface area contributed by atoms with E-state index in [4.69, 9.17) is 19.5 Å². The zero-order valence-corrected chi connectivity index (χ0v) is 14.9. The van der Waals surface area contributed by atoms with Crippen LogP contribution in [0, 0.1) is 11.3 Å². The van der Waals surface area contributed by atoms with Crippen molar-refractivity contribution in [2.75, 3.05) is 26.1 Å². The van der Waals surface area contributed by atoms with Gasteiger partial charge in [0.1, 0.15) is 17.6 Å². The summed E-state index contributed by atoms with van der Waals surface area (Å²) in [5.41, 5.74) is 1.34. The van der Waals surface area contributed by atoms with Gasteiger partial charge < -0.3 is 19.5 Å². The van der Waals surface area contributed by atoms with Crippen molar-refractivity contribution in [3.05, 3.63) is 59.7 Å². The number of methoxy groups -OCH3 is 2. The van der Waals surface area contributed by atoms with E-state index < -0.39 is 18.5 Å². The first-order valence-corrected chi connectivity index (χ1v) is 7.93. The van der Waals surface area contributed by atoms with Crippen LogP contribution in [0.1, 0.15) is 11.1 Å². The van der Waals surface area contributed by atoms with Crippen LogP contribution in [0.3, 0.4) is 0 Å². The molecule has 0 saturated carbocycles. The normalized spacial score (nSPS) is 10.1. The van der Waals surface area contributed by atoms with Gasteiger partial charge in [0.05, 0.1) is 25.5 Å². The summed E-state index contributed by atoms with van der Waals surface area (Å²) < 4.78 is 15.2. The summed E-state index contributed by atoms with van der Waals surface area (Å²) in [7, 11) is 3.05. The summed E-state index contributed by atoms with van der Waals surface area (Å²) in [6, 6.07) is 13.7. The minimum atomic E-state index is -0.684. The highest BCUT2D eigenvalue weighted by Gasteiger charge is 2.09. The number of esters is 1. The van der Waals surface area contributed by atoms with Gasteiger partial charge in [-0.25, -0.2) is 4.79 Å². The Balaban J connectivity index is 1.91. The van der Waals surface area contributed by atoms with Gasteiger partial charge in [-0.15, -0.1) is 0 Å². The molecule has 27 heavy (non-hydrogen) atoms. The van der Waals surface area contributed by atoms with Gasteiger partial charge >= 0.3 is 5.97 Å². The van der Waals surface area contributed by atoms with E-state index in [-0.39, 0.29) is 0 Å². The molecule has 2 aromatic rings. The maximum Gasteiger partial charge on any atom is 0.331 e. The quantitative estimate of drug-likeness (QED) is 0.598. The molecule has 0 atom stereocenters. The number of nitriles is 1. The van der Waals surface area contributed by atoms with Crippen LogP contribution in [-0.4, -0.2) is 32.7 Å². The van der Waals surface area contributed by atoms with Crippen LogP contribution >= 0.6 is 0 Å². The third kappa shape index (κ3) is 5.61. The molecule has 0 bridgehead atoms. The fraction of sp³-hybridized carbons (Fsp3) is 0.150. The highest BCUT2D eigenvalue weighted by atomic mass is 16.5. The Morgan fingerprint density at radius 3 is 2.63 bits per heavy atom. The number of para-hydroxylation sites is 1. The van der Waals surface area contributed by atoms with E-state index in [1.807, 2.05) is 6.07 Å². The van der Waals surface area contributed by atoms with Crippen molar-refractivity contribution in [2.24, 2.45) is 0 Å². The second-order valence-corrected chi connectivity index (χ2v) is 5.25. The second kappa shape index (κ2) is 9.63. The van der Waals surface area contributed by atoms with E-state index in [0.717, 1.165) is 0 Å². The molecule has 138 valence electrons. The fourth-order valence-electron chi connectivity index (χ4n) is 2.17. The average Bonchev–Trinajstić information content (AvgIpc) is 2.70. The minimum absolute atomic E-state index is 0.323. The predicted molar refractivity (Wildman–Crippen MR) is 99.3 cm³/mol. The summed E-state index contributed by atoms with van der Waals surface area (Å²) in [4.78, 5) is 23.7. The molecule has 7 heteroatoms. The molecule has 0 saturated heterocycles. The molecule has 0 heterocycles. The van der Waals surface area contributed by atoms with Gasteiger partial charge in [0, 0.05) is 17.7 Å². The van der Waals surface area contributed by atoms with Crippen molar-refractivity contribution in [2.45, 2.75) is 0 Å². The van der Waals surface area contributed by atoms with Gasteiger partial charge in [0.15, 0.2) is 6.61 Å². The number of carbonyl (C=O) groups excluding carboxylic acids is 2. The molecule has 0 unspecified atom stereocenters. The highest BCUT2D eigenvalue weighted by Crippen LogP contribution is 2.25. The van der Waals surface area contributed by atoms with E-state index >= 15 is 0 Å².